The van der Waals surface area contributed by atoms with E-state index in [0.717, 1.165) is 11.1 Å². The maximum atomic E-state index is 9.85. The van der Waals surface area contributed by atoms with Crippen LogP contribution in [0.25, 0.3) is 21.6 Å². The Morgan fingerprint density at radius 1 is 1.12 bits per heavy atom. The first kappa shape index (κ1) is 11.0. The van der Waals surface area contributed by atoms with E-state index >= 15 is 0 Å². The zero-order valence-electron chi connectivity index (χ0n) is 9.33. The van der Waals surface area contributed by atoms with Crippen LogP contribution in [0.5, 0.6) is 5.75 Å². The summed E-state index contributed by atoms with van der Waals surface area (Å²) >= 11 is 0. The number of hydrogen-bond donors (Lipinski definition) is 1. The lowest BCUT2D eigenvalue weighted by atomic mass is 10.0. The fourth-order valence-corrected chi connectivity index (χ4v) is 1.70. The summed E-state index contributed by atoms with van der Waals surface area (Å²) in [5.74, 6) is 0.177. The second kappa shape index (κ2) is 4.60. The van der Waals surface area contributed by atoms with Crippen LogP contribution in [0, 0.1) is 6.92 Å². The van der Waals surface area contributed by atoms with Gasteiger partial charge in [-0.2, -0.15) is 0 Å². The maximum absolute atomic E-state index is 9.85. The molecule has 0 unspecified atom stereocenters. The van der Waals surface area contributed by atoms with Crippen LogP contribution >= 0.6 is 0 Å². The molecule has 0 bridgehead atoms. The highest BCUT2D eigenvalue weighted by Crippen LogP contribution is 2.36. The van der Waals surface area contributed by atoms with E-state index < -0.39 is 0 Å². The van der Waals surface area contributed by atoms with Gasteiger partial charge in [-0.05, 0) is 30.2 Å². The molecule has 0 atom stereocenters. The molecule has 0 aliphatic rings. The Hall–Kier alpha value is -2.45. The van der Waals surface area contributed by atoms with Crippen LogP contribution in [-0.2, 0) is 0 Å². The van der Waals surface area contributed by atoms with Gasteiger partial charge in [-0.15, -0.1) is 0 Å². The first-order valence-electron chi connectivity index (χ1n) is 5.16. The second-order valence-electron chi connectivity index (χ2n) is 3.73. The molecule has 84 valence electrons. The minimum absolute atomic E-state index is 0.177. The molecular weight excluding hydrogens is 214 g/mol. The monoisotopic (exact) mass is 225 g/mol. The molecular formula is C13H11N3O. The summed E-state index contributed by atoms with van der Waals surface area (Å²) in [7, 11) is 0. The van der Waals surface area contributed by atoms with Crippen molar-refractivity contribution in [1.82, 2.24) is 0 Å². The Bertz CT molecular complexity index is 601. The van der Waals surface area contributed by atoms with E-state index in [2.05, 4.69) is 10.0 Å². The third-order valence-corrected chi connectivity index (χ3v) is 2.50. The van der Waals surface area contributed by atoms with E-state index in [1.165, 1.54) is 0 Å². The van der Waals surface area contributed by atoms with Crippen molar-refractivity contribution in [3.05, 3.63) is 58.5 Å². The average molecular weight is 225 g/mol. The molecule has 2 rings (SSSR count). The van der Waals surface area contributed by atoms with Gasteiger partial charge in [0.1, 0.15) is 5.75 Å². The minimum atomic E-state index is 0.177. The van der Waals surface area contributed by atoms with E-state index in [0.29, 0.717) is 11.3 Å². The van der Waals surface area contributed by atoms with E-state index in [1.807, 2.05) is 31.2 Å². The zero-order valence-corrected chi connectivity index (χ0v) is 9.33. The van der Waals surface area contributed by atoms with Crippen LogP contribution in [0.4, 0.5) is 5.69 Å². The summed E-state index contributed by atoms with van der Waals surface area (Å²) in [5, 5.41) is 13.5. The number of azide groups is 1. The van der Waals surface area contributed by atoms with Gasteiger partial charge in [-0.1, -0.05) is 41.0 Å². The predicted octanol–water partition coefficient (Wildman–Crippen LogP) is 4.31. The molecule has 2 aromatic carbocycles. The molecule has 0 amide bonds. The summed E-state index contributed by atoms with van der Waals surface area (Å²) in [6.07, 6.45) is 0. The third kappa shape index (κ3) is 2.22. The summed E-state index contributed by atoms with van der Waals surface area (Å²) in [5.41, 5.74) is 11.5. The molecule has 0 saturated carbocycles. The van der Waals surface area contributed by atoms with E-state index in [1.54, 1.807) is 18.2 Å². The molecule has 0 spiro atoms. The lowest BCUT2D eigenvalue weighted by Gasteiger charge is -2.08. The van der Waals surface area contributed by atoms with E-state index in [-0.39, 0.29) is 5.75 Å². The molecule has 0 heterocycles. The minimum Gasteiger partial charge on any atom is -0.507 e. The zero-order chi connectivity index (χ0) is 12.3. The van der Waals surface area contributed by atoms with Crippen molar-refractivity contribution >= 4 is 5.69 Å². The van der Waals surface area contributed by atoms with Crippen LogP contribution in [-0.4, -0.2) is 5.11 Å². The molecule has 0 aliphatic heterocycles. The summed E-state index contributed by atoms with van der Waals surface area (Å²) < 4.78 is 0. The summed E-state index contributed by atoms with van der Waals surface area (Å²) in [6, 6.07) is 12.5. The van der Waals surface area contributed by atoms with Crippen molar-refractivity contribution in [2.45, 2.75) is 6.92 Å². The fraction of sp³-hybridized carbons (Fsp3) is 0.0769. The third-order valence-electron chi connectivity index (χ3n) is 2.50. The highest BCUT2D eigenvalue weighted by molar-refractivity contribution is 5.80. The lowest BCUT2D eigenvalue weighted by molar-refractivity contribution is 0.477. The highest BCUT2D eigenvalue weighted by atomic mass is 16.3. The average Bonchev–Trinajstić information content (AvgIpc) is 2.34. The van der Waals surface area contributed by atoms with Crippen molar-refractivity contribution in [2.24, 2.45) is 5.11 Å². The Labute approximate surface area is 98.8 Å². The molecule has 17 heavy (non-hydrogen) atoms. The van der Waals surface area contributed by atoms with Crippen molar-refractivity contribution in [3.8, 4) is 16.9 Å². The molecule has 4 nitrogen and oxygen atoms in total. The predicted molar refractivity (Wildman–Crippen MR) is 67.1 cm³/mol. The number of aryl methyl sites for hydroxylation is 1. The van der Waals surface area contributed by atoms with E-state index in [4.69, 9.17) is 5.53 Å². The number of phenolic OH excluding ortho intramolecular Hbond substituents is 1. The van der Waals surface area contributed by atoms with Crippen LogP contribution in [0.3, 0.4) is 0 Å². The van der Waals surface area contributed by atoms with Gasteiger partial charge in [0.05, 0.1) is 0 Å². The molecule has 0 aromatic heterocycles. The van der Waals surface area contributed by atoms with Gasteiger partial charge in [0.15, 0.2) is 0 Å². The molecule has 4 heteroatoms. The van der Waals surface area contributed by atoms with Gasteiger partial charge >= 0.3 is 0 Å². The van der Waals surface area contributed by atoms with Gasteiger partial charge in [-0.25, -0.2) is 0 Å². The fourth-order valence-electron chi connectivity index (χ4n) is 1.70. The Morgan fingerprint density at radius 2 is 1.88 bits per heavy atom. The van der Waals surface area contributed by atoms with Gasteiger partial charge < -0.3 is 5.11 Å². The summed E-state index contributed by atoms with van der Waals surface area (Å²) in [6.45, 7) is 1.94. The number of rotatable bonds is 2. The molecule has 0 fully saturated rings. The Morgan fingerprint density at radius 3 is 2.65 bits per heavy atom. The molecule has 0 aliphatic carbocycles. The Kier molecular flexibility index (Phi) is 2.99. The molecule has 1 N–H and O–H groups in total. The molecule has 0 radical (unpaired) electrons. The second-order valence-corrected chi connectivity index (χ2v) is 3.73. The number of nitrogens with zero attached hydrogens (tertiary/aromatic N) is 3. The topological polar surface area (TPSA) is 69.0 Å². The van der Waals surface area contributed by atoms with Gasteiger partial charge in [0.25, 0.3) is 0 Å². The van der Waals surface area contributed by atoms with Gasteiger partial charge in [0, 0.05) is 16.2 Å². The first-order valence-corrected chi connectivity index (χ1v) is 5.16. The van der Waals surface area contributed by atoms with Crippen LogP contribution in [0.15, 0.2) is 47.6 Å². The van der Waals surface area contributed by atoms with Crippen molar-refractivity contribution in [1.29, 1.82) is 0 Å². The smallest absolute Gasteiger partial charge is 0.123 e. The van der Waals surface area contributed by atoms with Gasteiger partial charge in [0.2, 0.25) is 0 Å². The van der Waals surface area contributed by atoms with Crippen LogP contribution < -0.4 is 0 Å². The first-order chi connectivity index (χ1) is 8.22. The normalized spacial score (nSPS) is 9.71. The highest BCUT2D eigenvalue weighted by Gasteiger charge is 2.07. The maximum Gasteiger partial charge on any atom is 0.123 e. The summed E-state index contributed by atoms with van der Waals surface area (Å²) in [4.78, 5) is 2.79. The van der Waals surface area contributed by atoms with Gasteiger partial charge in [-0.3, -0.25) is 0 Å². The van der Waals surface area contributed by atoms with Crippen molar-refractivity contribution in [3.63, 3.8) is 0 Å². The SMILES string of the molecule is Cc1ccc(O)c(-c2ccccc2N=[N+]=[N-])c1. The Balaban J connectivity index is 2.67. The molecule has 0 saturated heterocycles. The largest absolute Gasteiger partial charge is 0.507 e. The molecule has 2 aromatic rings. The number of hydrogen-bond acceptors (Lipinski definition) is 2. The number of aromatic hydroxyl groups is 1. The lowest BCUT2D eigenvalue weighted by Crippen LogP contribution is -1.81. The van der Waals surface area contributed by atoms with Crippen LogP contribution in [0.1, 0.15) is 5.56 Å². The number of phenols is 1. The quantitative estimate of drug-likeness (QED) is 0.461. The standard InChI is InChI=1S/C13H11N3O/c1-9-6-7-13(17)11(8-9)10-4-2-3-5-12(10)15-16-14/h2-8,17H,1H3. The van der Waals surface area contributed by atoms with Crippen molar-refractivity contribution < 1.29 is 5.11 Å². The number of benzene rings is 2. The van der Waals surface area contributed by atoms with Crippen molar-refractivity contribution in [2.75, 3.05) is 0 Å². The van der Waals surface area contributed by atoms with E-state index in [9.17, 15) is 5.11 Å². The van der Waals surface area contributed by atoms with Crippen LogP contribution in [0.2, 0.25) is 0 Å².